The number of allylic oxidation sites excluding steroid dienone is 1. The van der Waals surface area contributed by atoms with Crippen molar-refractivity contribution in [2.24, 2.45) is 0 Å². The molecule has 0 amide bonds. The largest absolute Gasteiger partial charge is 0.635 e. The van der Waals surface area contributed by atoms with Gasteiger partial charge in [-0.2, -0.15) is 8.42 Å². The molecule has 0 N–H and O–H groups in total. The first-order valence-corrected chi connectivity index (χ1v) is 11.8. The van der Waals surface area contributed by atoms with Crippen molar-refractivity contribution < 1.29 is 35.7 Å². The van der Waals surface area contributed by atoms with Gasteiger partial charge >= 0.3 is 29.5 Å². The van der Waals surface area contributed by atoms with Gasteiger partial charge in [-0.05, 0) is 25.5 Å². The summed E-state index contributed by atoms with van der Waals surface area (Å²) in [4.78, 5) is 25.5. The number of halogens is 3. The van der Waals surface area contributed by atoms with E-state index in [1.54, 1.807) is 6.08 Å². The molecule has 0 bridgehead atoms. The normalized spacial score (nSPS) is 17.6. The van der Waals surface area contributed by atoms with Crippen molar-refractivity contribution in [2.45, 2.75) is 22.6 Å². The highest BCUT2D eigenvalue weighted by Gasteiger charge is 2.42. The quantitative estimate of drug-likeness (QED) is 0.271. The maximum absolute atomic E-state index is 12.2. The lowest BCUT2D eigenvalue weighted by Gasteiger charge is -2.25. The molecule has 1 aromatic rings. The number of aryl methyl sites for hydroxylation is 1. The first-order valence-electron chi connectivity index (χ1n) is 9.36. The zero-order valence-corrected chi connectivity index (χ0v) is 20.1. The van der Waals surface area contributed by atoms with Gasteiger partial charge in [-0.25, -0.2) is 8.37 Å². The van der Waals surface area contributed by atoms with Crippen molar-refractivity contribution in [3.05, 3.63) is 48.0 Å². The van der Waals surface area contributed by atoms with E-state index < -0.39 is 45.9 Å². The van der Waals surface area contributed by atoms with E-state index in [4.69, 9.17) is 48.3 Å². The summed E-state index contributed by atoms with van der Waals surface area (Å²) in [7, 11) is -4.86. The Labute approximate surface area is 201 Å². The van der Waals surface area contributed by atoms with Crippen molar-refractivity contribution in [3.8, 4) is 0 Å². The van der Waals surface area contributed by atoms with Crippen LogP contribution >= 0.6 is 34.8 Å². The summed E-state index contributed by atoms with van der Waals surface area (Å²) >= 11 is 16.5. The predicted molar refractivity (Wildman–Crippen MR) is 119 cm³/mol. The van der Waals surface area contributed by atoms with Gasteiger partial charge in [0.05, 0.1) is 13.1 Å². The summed E-state index contributed by atoms with van der Waals surface area (Å²) in [6.45, 7) is -1.22. The molecule has 9 nitrogen and oxygen atoms in total. The summed E-state index contributed by atoms with van der Waals surface area (Å²) < 4.78 is 42.1. The van der Waals surface area contributed by atoms with Gasteiger partial charge in [0.1, 0.15) is 6.61 Å². The van der Waals surface area contributed by atoms with E-state index in [2.05, 4.69) is 4.18 Å². The van der Waals surface area contributed by atoms with Gasteiger partial charge in [-0.3, -0.25) is 14.5 Å². The van der Waals surface area contributed by atoms with Gasteiger partial charge in [0, 0.05) is 0 Å². The second-order valence-electron chi connectivity index (χ2n) is 6.82. The molecule has 32 heavy (non-hydrogen) atoms. The third-order valence-electron chi connectivity index (χ3n) is 3.93. The molecule has 0 aliphatic carbocycles. The zero-order chi connectivity index (χ0) is 23.8. The zero-order valence-electron chi connectivity index (χ0n) is 17.0. The minimum absolute atomic E-state index is 0.202. The number of likely N-dealkylation sites (N-methyl/N-ethyl adjacent to an activating group) is 1. The Bertz CT molecular complexity index is 891. The Kier molecular flexibility index (Phi) is 10.3. The van der Waals surface area contributed by atoms with Crippen LogP contribution in [-0.4, -0.2) is 68.9 Å². The molecule has 1 aliphatic heterocycles. The first kappa shape index (κ1) is 26.9. The molecule has 1 heterocycles. The average molecular weight is 529 g/mol. The van der Waals surface area contributed by atoms with Gasteiger partial charge in [0.15, 0.2) is 6.00 Å². The first-order chi connectivity index (χ1) is 14.9. The van der Waals surface area contributed by atoms with Gasteiger partial charge < -0.3 is 9.31 Å². The molecular formula is C18H21BCl3NO8S. The molecular weight excluding hydrogens is 507 g/mol. The van der Waals surface area contributed by atoms with E-state index >= 15 is 0 Å². The SMILES string of the molecule is CN1CC(=O)OB(C(/C=C/CCc2ccccc2)OS(=O)(=O)OCC(Cl)(Cl)Cl)OC(=O)C1. The van der Waals surface area contributed by atoms with Crippen LogP contribution in [0.3, 0.4) is 0 Å². The fourth-order valence-electron chi connectivity index (χ4n) is 2.58. The summed E-state index contributed by atoms with van der Waals surface area (Å²) in [5.41, 5.74) is 1.06. The summed E-state index contributed by atoms with van der Waals surface area (Å²) in [5.74, 6) is -1.48. The maximum Gasteiger partial charge on any atom is 0.635 e. The third-order valence-corrected chi connectivity index (χ3v) is 5.12. The highest BCUT2D eigenvalue weighted by molar-refractivity contribution is 7.82. The van der Waals surface area contributed by atoms with E-state index in [1.807, 2.05) is 30.3 Å². The van der Waals surface area contributed by atoms with Gasteiger partial charge in [0.25, 0.3) is 0 Å². The Morgan fingerprint density at radius 2 is 1.75 bits per heavy atom. The number of hydrogen-bond donors (Lipinski definition) is 0. The molecule has 0 radical (unpaired) electrons. The summed E-state index contributed by atoms with van der Waals surface area (Å²) in [5, 5.41) is 0. The molecule has 14 heteroatoms. The van der Waals surface area contributed by atoms with E-state index in [9.17, 15) is 18.0 Å². The van der Waals surface area contributed by atoms with Crippen molar-refractivity contribution in [1.29, 1.82) is 0 Å². The molecule has 1 aromatic carbocycles. The van der Waals surface area contributed by atoms with Crippen molar-refractivity contribution in [2.75, 3.05) is 26.7 Å². The standard InChI is InChI=1S/C18H21BCl3NO8S/c1-23-11-16(24)29-19(30-17(25)12-23)15(31-32(26,27)28-13-18(20,21)22)10-6-5-9-14-7-3-2-4-8-14/h2-4,6-8,10,15H,5,9,11-13H2,1H3/b10-6+. The smallest absolute Gasteiger partial charge is 0.496 e. The molecule has 1 atom stereocenters. The minimum Gasteiger partial charge on any atom is -0.496 e. The van der Waals surface area contributed by atoms with Crippen molar-refractivity contribution >= 4 is 64.3 Å². The summed E-state index contributed by atoms with van der Waals surface area (Å²) in [6.07, 6.45) is 4.05. The molecule has 0 saturated carbocycles. The highest BCUT2D eigenvalue weighted by Crippen LogP contribution is 2.27. The Balaban J connectivity index is 2.15. The van der Waals surface area contributed by atoms with Crippen molar-refractivity contribution in [3.63, 3.8) is 0 Å². The molecule has 1 saturated heterocycles. The molecule has 2 rings (SSSR count). The van der Waals surface area contributed by atoms with Crippen molar-refractivity contribution in [1.82, 2.24) is 4.90 Å². The number of hydrogen-bond acceptors (Lipinski definition) is 9. The van der Waals surface area contributed by atoms with Gasteiger partial charge in [0.2, 0.25) is 3.79 Å². The molecule has 0 aromatic heterocycles. The highest BCUT2D eigenvalue weighted by atomic mass is 35.6. The minimum atomic E-state index is -4.72. The third kappa shape index (κ3) is 10.5. The van der Waals surface area contributed by atoms with Crippen LogP contribution in [0.25, 0.3) is 0 Å². The molecule has 1 fully saturated rings. The van der Waals surface area contributed by atoms with E-state index in [0.29, 0.717) is 12.8 Å². The second kappa shape index (κ2) is 12.2. The lowest BCUT2D eigenvalue weighted by molar-refractivity contribution is -0.146. The molecule has 1 aliphatic rings. The Morgan fingerprint density at radius 3 is 2.31 bits per heavy atom. The number of rotatable bonds is 9. The van der Waals surface area contributed by atoms with Crippen LogP contribution in [0.1, 0.15) is 12.0 Å². The number of carbonyl (C=O) groups is 2. The number of carbonyl (C=O) groups excluding carboxylic acids is 2. The maximum atomic E-state index is 12.2. The van der Waals surface area contributed by atoms with Crippen LogP contribution in [0.2, 0.25) is 0 Å². The molecule has 176 valence electrons. The van der Waals surface area contributed by atoms with Crippen LogP contribution in [0, 0.1) is 0 Å². The van der Waals surface area contributed by atoms with E-state index in [1.165, 1.54) is 18.0 Å². The fraction of sp³-hybridized carbons (Fsp3) is 0.444. The monoisotopic (exact) mass is 527 g/mol. The Hall–Kier alpha value is -1.34. The van der Waals surface area contributed by atoms with Gasteiger partial charge in [-0.15, -0.1) is 0 Å². The second-order valence-corrected chi connectivity index (χ2v) is 10.6. The molecule has 1 unspecified atom stereocenters. The lowest BCUT2D eigenvalue weighted by Crippen LogP contribution is -2.48. The average Bonchev–Trinajstić information content (AvgIpc) is 2.67. The number of alkyl halides is 3. The van der Waals surface area contributed by atoms with E-state index in [0.717, 1.165) is 5.56 Å². The molecule has 0 spiro atoms. The van der Waals surface area contributed by atoms with Crippen LogP contribution in [0.5, 0.6) is 0 Å². The van der Waals surface area contributed by atoms with Crippen LogP contribution in [-0.2, 0) is 44.1 Å². The van der Waals surface area contributed by atoms with Crippen LogP contribution in [0.4, 0.5) is 0 Å². The van der Waals surface area contributed by atoms with Gasteiger partial charge in [-0.1, -0.05) is 77.3 Å². The topological polar surface area (TPSA) is 108 Å². The fourth-order valence-corrected chi connectivity index (χ4v) is 3.75. The van der Waals surface area contributed by atoms with Crippen LogP contribution in [0.15, 0.2) is 42.5 Å². The Morgan fingerprint density at radius 1 is 1.16 bits per heavy atom. The number of nitrogens with zero attached hydrogens (tertiary/aromatic N) is 1. The van der Waals surface area contributed by atoms with Crippen LogP contribution < -0.4 is 0 Å². The lowest BCUT2D eigenvalue weighted by atomic mass is 9.80. The number of benzene rings is 1. The summed E-state index contributed by atoms with van der Waals surface area (Å²) in [6, 6.07) is 8.02. The predicted octanol–water partition coefficient (Wildman–Crippen LogP) is 2.25. The van der Waals surface area contributed by atoms with E-state index in [-0.39, 0.29) is 13.1 Å².